The Morgan fingerprint density at radius 3 is 2.24 bits per heavy atom. The van der Waals surface area contributed by atoms with E-state index in [1.54, 1.807) is 36.4 Å². The minimum Gasteiger partial charge on any atom is -0.450 e. The number of para-hydroxylation sites is 1. The molecule has 5 heteroatoms. The van der Waals surface area contributed by atoms with Gasteiger partial charge in [0.2, 0.25) is 11.7 Å². The summed E-state index contributed by atoms with van der Waals surface area (Å²) < 4.78 is 6.73. The molecular weight excluding hydrogens is 478 g/mol. The fraction of sp³-hybridized carbons (Fsp3) is 0.143. The highest BCUT2D eigenvalue weighted by atomic mass is 79.9. The van der Waals surface area contributed by atoms with E-state index in [2.05, 4.69) is 54.2 Å². The van der Waals surface area contributed by atoms with Gasteiger partial charge in [-0.1, -0.05) is 73.1 Å². The molecule has 4 nitrogen and oxygen atoms in total. The van der Waals surface area contributed by atoms with Gasteiger partial charge in [-0.2, -0.15) is 0 Å². The first kappa shape index (κ1) is 22.7. The van der Waals surface area contributed by atoms with E-state index >= 15 is 0 Å². The van der Waals surface area contributed by atoms with E-state index in [4.69, 9.17) is 4.42 Å². The maximum absolute atomic E-state index is 13.1. The van der Waals surface area contributed by atoms with Crippen molar-refractivity contribution in [2.45, 2.75) is 26.2 Å². The molecule has 0 spiro atoms. The van der Waals surface area contributed by atoms with E-state index in [9.17, 15) is 9.59 Å². The van der Waals surface area contributed by atoms with Crippen LogP contribution in [-0.2, 0) is 10.2 Å². The van der Waals surface area contributed by atoms with Crippen LogP contribution >= 0.6 is 15.9 Å². The van der Waals surface area contributed by atoms with Gasteiger partial charge in [-0.05, 0) is 59.0 Å². The van der Waals surface area contributed by atoms with Gasteiger partial charge in [-0.25, -0.2) is 0 Å². The highest BCUT2D eigenvalue weighted by molar-refractivity contribution is 9.10. The minimum absolute atomic E-state index is 0.0692. The summed E-state index contributed by atoms with van der Waals surface area (Å²) in [7, 11) is 0. The lowest BCUT2D eigenvalue weighted by molar-refractivity contribution is -0.111. The number of carbonyl (C=O) groups is 2. The predicted molar refractivity (Wildman–Crippen MR) is 137 cm³/mol. The number of benzene rings is 3. The van der Waals surface area contributed by atoms with Crippen LogP contribution in [0.25, 0.3) is 17.0 Å². The van der Waals surface area contributed by atoms with Crippen molar-refractivity contribution >= 4 is 50.4 Å². The normalized spacial score (nSPS) is 11.8. The molecule has 1 heterocycles. The SMILES string of the molecule is CC(C)(C)c1ccc(/C=C/C(=O)Nc2c(C(=O)c3ccc(Br)cc3)oc3ccccc23)cc1. The molecule has 0 aliphatic rings. The Balaban J connectivity index is 1.60. The van der Waals surface area contributed by atoms with E-state index in [1.807, 2.05) is 30.3 Å². The minimum atomic E-state index is -0.341. The van der Waals surface area contributed by atoms with E-state index in [0.29, 0.717) is 22.2 Å². The van der Waals surface area contributed by atoms with Crippen LogP contribution in [0.15, 0.2) is 87.8 Å². The fourth-order valence-electron chi connectivity index (χ4n) is 3.49. The number of fused-ring (bicyclic) bond motifs is 1. The molecule has 0 aliphatic heterocycles. The molecule has 0 bridgehead atoms. The zero-order chi connectivity index (χ0) is 23.6. The molecule has 1 N–H and O–H groups in total. The van der Waals surface area contributed by atoms with Crippen LogP contribution in [0.5, 0.6) is 0 Å². The van der Waals surface area contributed by atoms with E-state index < -0.39 is 0 Å². The molecule has 0 radical (unpaired) electrons. The summed E-state index contributed by atoms with van der Waals surface area (Å²) in [5.41, 5.74) is 3.60. The van der Waals surface area contributed by atoms with Crippen molar-refractivity contribution in [3.8, 4) is 0 Å². The summed E-state index contributed by atoms with van der Waals surface area (Å²) >= 11 is 3.38. The second-order valence-electron chi connectivity index (χ2n) is 8.83. The van der Waals surface area contributed by atoms with Crippen molar-refractivity contribution in [3.63, 3.8) is 0 Å². The second kappa shape index (κ2) is 9.20. The zero-order valence-corrected chi connectivity index (χ0v) is 20.3. The molecule has 0 unspecified atom stereocenters. The second-order valence-corrected chi connectivity index (χ2v) is 9.75. The smallest absolute Gasteiger partial charge is 0.248 e. The Morgan fingerprint density at radius 2 is 1.58 bits per heavy atom. The summed E-state index contributed by atoms with van der Waals surface area (Å²) in [6, 6.07) is 22.4. The largest absolute Gasteiger partial charge is 0.450 e. The van der Waals surface area contributed by atoms with Crippen LogP contribution in [0.2, 0.25) is 0 Å². The fourth-order valence-corrected chi connectivity index (χ4v) is 3.76. The standard InChI is InChI=1S/C28H24BrNO3/c1-28(2,3)20-13-8-18(9-14-20)10-17-24(31)30-25-22-6-4-5-7-23(22)33-27(25)26(32)19-11-15-21(29)16-12-19/h4-17H,1-3H3,(H,30,31)/b17-10+. The van der Waals surface area contributed by atoms with Crippen LogP contribution < -0.4 is 5.32 Å². The van der Waals surface area contributed by atoms with Gasteiger partial charge in [0.15, 0.2) is 5.76 Å². The van der Waals surface area contributed by atoms with Crippen molar-refractivity contribution in [2.75, 3.05) is 5.32 Å². The van der Waals surface area contributed by atoms with Gasteiger partial charge in [0.05, 0.1) is 5.69 Å². The van der Waals surface area contributed by atoms with Gasteiger partial charge in [-0.15, -0.1) is 0 Å². The highest BCUT2D eigenvalue weighted by Crippen LogP contribution is 2.33. The number of rotatable bonds is 5. The molecule has 0 aliphatic carbocycles. The number of furan rings is 1. The number of hydrogen-bond donors (Lipinski definition) is 1. The van der Waals surface area contributed by atoms with E-state index in [0.717, 1.165) is 10.0 Å². The lowest BCUT2D eigenvalue weighted by Gasteiger charge is -2.18. The van der Waals surface area contributed by atoms with Gasteiger partial charge >= 0.3 is 0 Å². The third-order valence-electron chi connectivity index (χ3n) is 5.36. The Bertz CT molecular complexity index is 1340. The molecule has 0 saturated heterocycles. The van der Waals surface area contributed by atoms with Crippen LogP contribution in [0.4, 0.5) is 5.69 Å². The average molecular weight is 502 g/mol. The van der Waals surface area contributed by atoms with Crippen molar-refractivity contribution < 1.29 is 14.0 Å². The third-order valence-corrected chi connectivity index (χ3v) is 5.89. The summed E-state index contributed by atoms with van der Waals surface area (Å²) in [4.78, 5) is 25.9. The van der Waals surface area contributed by atoms with Crippen molar-refractivity contribution in [1.29, 1.82) is 0 Å². The molecule has 0 fully saturated rings. The van der Waals surface area contributed by atoms with Gasteiger partial charge in [0.1, 0.15) is 5.58 Å². The first-order valence-electron chi connectivity index (χ1n) is 10.6. The molecule has 4 rings (SSSR count). The van der Waals surface area contributed by atoms with Crippen molar-refractivity contribution in [1.82, 2.24) is 0 Å². The Kier molecular flexibility index (Phi) is 6.34. The third kappa shape index (κ3) is 5.15. The quantitative estimate of drug-likeness (QED) is 0.229. The summed E-state index contributed by atoms with van der Waals surface area (Å²) in [6.45, 7) is 6.48. The Labute approximate surface area is 201 Å². The van der Waals surface area contributed by atoms with Crippen LogP contribution in [0.3, 0.4) is 0 Å². The first-order valence-corrected chi connectivity index (χ1v) is 11.4. The van der Waals surface area contributed by atoms with Crippen LogP contribution in [0.1, 0.15) is 48.0 Å². The predicted octanol–water partition coefficient (Wildman–Crippen LogP) is 7.38. The monoisotopic (exact) mass is 501 g/mol. The number of ketones is 1. The number of nitrogens with one attached hydrogen (secondary N) is 1. The van der Waals surface area contributed by atoms with E-state index in [-0.39, 0.29) is 22.9 Å². The number of hydrogen-bond acceptors (Lipinski definition) is 3. The number of anilines is 1. The maximum Gasteiger partial charge on any atom is 0.248 e. The number of carbonyl (C=O) groups excluding carboxylic acids is 2. The van der Waals surface area contributed by atoms with E-state index in [1.165, 1.54) is 11.6 Å². The molecular formula is C28H24BrNO3. The van der Waals surface area contributed by atoms with Crippen LogP contribution in [-0.4, -0.2) is 11.7 Å². The summed E-state index contributed by atoms with van der Waals surface area (Å²) in [5, 5.41) is 3.53. The highest BCUT2D eigenvalue weighted by Gasteiger charge is 2.23. The Morgan fingerprint density at radius 1 is 0.909 bits per heavy atom. The van der Waals surface area contributed by atoms with Gasteiger partial charge in [-0.3, -0.25) is 9.59 Å². The van der Waals surface area contributed by atoms with Gasteiger partial charge in [0, 0.05) is 21.5 Å². The van der Waals surface area contributed by atoms with Crippen LogP contribution in [0, 0.1) is 0 Å². The summed E-state index contributed by atoms with van der Waals surface area (Å²) in [6.07, 6.45) is 3.21. The number of halogens is 1. The van der Waals surface area contributed by atoms with Crippen molar-refractivity contribution in [3.05, 3.63) is 106 Å². The molecule has 1 aromatic heterocycles. The first-order chi connectivity index (χ1) is 15.7. The average Bonchev–Trinajstić information content (AvgIpc) is 3.16. The number of amides is 1. The summed E-state index contributed by atoms with van der Waals surface area (Å²) in [5.74, 6) is -0.531. The molecule has 33 heavy (non-hydrogen) atoms. The molecule has 4 aromatic rings. The molecule has 0 saturated carbocycles. The molecule has 1 amide bonds. The van der Waals surface area contributed by atoms with Gasteiger partial charge < -0.3 is 9.73 Å². The van der Waals surface area contributed by atoms with Gasteiger partial charge in [0.25, 0.3) is 0 Å². The Hall–Kier alpha value is -3.44. The lowest BCUT2D eigenvalue weighted by Crippen LogP contribution is -2.11. The lowest BCUT2D eigenvalue weighted by atomic mass is 9.87. The molecule has 0 atom stereocenters. The maximum atomic E-state index is 13.1. The molecule has 3 aromatic carbocycles. The topological polar surface area (TPSA) is 59.3 Å². The molecule has 166 valence electrons. The zero-order valence-electron chi connectivity index (χ0n) is 18.7. The van der Waals surface area contributed by atoms with Crippen molar-refractivity contribution in [2.24, 2.45) is 0 Å².